The molecule has 0 aromatic rings. The number of allylic oxidation sites excluding steroid dienone is 6. The van der Waals surface area contributed by atoms with E-state index in [0.717, 1.165) is 64.2 Å². The number of carbonyl (C=O) groups is 2. The maximum atomic E-state index is 11.9. The molecule has 1 atom stereocenters. The van der Waals surface area contributed by atoms with Gasteiger partial charge >= 0.3 is 11.9 Å². The number of carbonyl (C=O) groups excluding carboxylic acids is 2. The van der Waals surface area contributed by atoms with Crippen molar-refractivity contribution in [2.24, 2.45) is 0 Å². The van der Waals surface area contributed by atoms with Gasteiger partial charge in [0.25, 0.3) is 0 Å². The van der Waals surface area contributed by atoms with E-state index >= 15 is 0 Å². The minimum absolute atomic E-state index is 0.0794. The summed E-state index contributed by atoms with van der Waals surface area (Å²) < 4.78 is 10.2. The van der Waals surface area contributed by atoms with Gasteiger partial charge in [0, 0.05) is 12.8 Å². The van der Waals surface area contributed by atoms with Gasteiger partial charge in [-0.3, -0.25) is 9.59 Å². The van der Waals surface area contributed by atoms with E-state index in [1.807, 2.05) is 6.92 Å². The van der Waals surface area contributed by atoms with Gasteiger partial charge in [-0.05, 0) is 44.9 Å². The molecule has 0 bridgehead atoms. The first-order valence-electron chi connectivity index (χ1n) is 12.0. The topological polar surface area (TPSA) is 72.8 Å². The first-order chi connectivity index (χ1) is 15.1. The summed E-state index contributed by atoms with van der Waals surface area (Å²) in [5.41, 5.74) is 0. The second kappa shape index (κ2) is 22.8. The summed E-state index contributed by atoms with van der Waals surface area (Å²) in [6, 6.07) is 0. The zero-order chi connectivity index (χ0) is 23.0. The van der Waals surface area contributed by atoms with Gasteiger partial charge in [0.1, 0.15) is 6.61 Å². The van der Waals surface area contributed by atoms with Crippen LogP contribution in [0, 0.1) is 0 Å². The third kappa shape index (κ3) is 21.1. The van der Waals surface area contributed by atoms with Gasteiger partial charge < -0.3 is 14.6 Å². The second-order valence-corrected chi connectivity index (χ2v) is 7.68. The molecule has 0 radical (unpaired) electrons. The molecule has 5 nitrogen and oxygen atoms in total. The third-order valence-corrected chi connectivity index (χ3v) is 4.70. The summed E-state index contributed by atoms with van der Waals surface area (Å²) in [4.78, 5) is 23.4. The van der Waals surface area contributed by atoms with E-state index in [1.165, 1.54) is 6.42 Å². The van der Waals surface area contributed by atoms with Crippen LogP contribution in [0.5, 0.6) is 0 Å². The first kappa shape index (κ1) is 29.1. The fourth-order valence-corrected chi connectivity index (χ4v) is 2.84. The molecule has 0 saturated heterocycles. The van der Waals surface area contributed by atoms with Crippen LogP contribution >= 0.6 is 0 Å². The number of hydrogen-bond acceptors (Lipinski definition) is 5. The molecule has 0 rings (SSSR count). The molecule has 0 saturated carbocycles. The van der Waals surface area contributed by atoms with Gasteiger partial charge in [-0.2, -0.15) is 0 Å². The minimum atomic E-state index is -0.771. The molecule has 1 N–H and O–H groups in total. The highest BCUT2D eigenvalue weighted by atomic mass is 16.6. The molecule has 0 aliphatic heterocycles. The average molecular weight is 437 g/mol. The van der Waals surface area contributed by atoms with Crippen LogP contribution in [0.2, 0.25) is 0 Å². The Bertz CT molecular complexity index is 522. The Morgan fingerprint density at radius 1 is 0.774 bits per heavy atom. The van der Waals surface area contributed by atoms with Crippen molar-refractivity contribution in [1.82, 2.24) is 0 Å². The fourth-order valence-electron chi connectivity index (χ4n) is 2.84. The van der Waals surface area contributed by atoms with Crippen molar-refractivity contribution in [3.8, 4) is 0 Å². The van der Waals surface area contributed by atoms with E-state index in [4.69, 9.17) is 9.47 Å². The molecule has 0 aromatic carbocycles. The molecule has 0 aromatic heterocycles. The van der Waals surface area contributed by atoms with Crippen molar-refractivity contribution >= 4 is 11.9 Å². The van der Waals surface area contributed by atoms with Crippen LogP contribution in [0.3, 0.4) is 0 Å². The minimum Gasteiger partial charge on any atom is -0.462 e. The zero-order valence-corrected chi connectivity index (χ0v) is 19.7. The molecule has 0 amide bonds. The number of ether oxygens (including phenoxy) is 2. The van der Waals surface area contributed by atoms with Crippen LogP contribution in [0.1, 0.15) is 97.3 Å². The Morgan fingerprint density at radius 2 is 1.39 bits per heavy atom. The molecule has 5 heteroatoms. The lowest BCUT2D eigenvalue weighted by Crippen LogP contribution is -2.28. The molecular weight excluding hydrogens is 392 g/mol. The second-order valence-electron chi connectivity index (χ2n) is 7.68. The van der Waals surface area contributed by atoms with Crippen LogP contribution in [-0.4, -0.2) is 36.4 Å². The van der Waals surface area contributed by atoms with E-state index in [0.29, 0.717) is 12.8 Å². The molecule has 1 unspecified atom stereocenters. The van der Waals surface area contributed by atoms with Gasteiger partial charge in [0.2, 0.25) is 0 Å². The highest BCUT2D eigenvalue weighted by molar-refractivity contribution is 5.70. The van der Waals surface area contributed by atoms with Crippen molar-refractivity contribution in [3.63, 3.8) is 0 Å². The van der Waals surface area contributed by atoms with Crippen LogP contribution in [-0.2, 0) is 19.1 Å². The van der Waals surface area contributed by atoms with Crippen LogP contribution < -0.4 is 0 Å². The van der Waals surface area contributed by atoms with E-state index in [2.05, 4.69) is 43.4 Å². The number of aliphatic hydroxyl groups is 1. The quantitative estimate of drug-likeness (QED) is 0.139. The van der Waals surface area contributed by atoms with Crippen molar-refractivity contribution < 1.29 is 24.2 Å². The number of hydrogen-bond donors (Lipinski definition) is 1. The highest BCUT2D eigenvalue weighted by Gasteiger charge is 2.15. The standard InChI is InChI=1S/C26H44O5/c1-3-5-7-8-9-10-11-12-13-14-15-16-17-18-19-21-26(29)31-24(22-27)23-30-25(28)20-6-4-2/h5,7,9-10,12-13,24,27H,3-4,6,8,11,14-23H2,1-2H3/b7-5-,10-9-,13-12-. The average Bonchev–Trinajstić information content (AvgIpc) is 2.77. The summed E-state index contributed by atoms with van der Waals surface area (Å²) in [5.74, 6) is -0.660. The van der Waals surface area contributed by atoms with E-state index in [-0.39, 0.29) is 25.2 Å². The van der Waals surface area contributed by atoms with Gasteiger partial charge in [-0.1, -0.05) is 76.0 Å². The summed E-state index contributed by atoms with van der Waals surface area (Å²) in [5, 5.41) is 9.29. The fraction of sp³-hybridized carbons (Fsp3) is 0.692. The van der Waals surface area contributed by atoms with E-state index in [9.17, 15) is 14.7 Å². The number of aliphatic hydroxyl groups excluding tert-OH is 1. The summed E-state index contributed by atoms with van der Waals surface area (Å²) in [7, 11) is 0. The lowest BCUT2D eigenvalue weighted by Gasteiger charge is -2.15. The van der Waals surface area contributed by atoms with Crippen molar-refractivity contribution in [1.29, 1.82) is 0 Å². The Labute approximate surface area is 189 Å². The largest absolute Gasteiger partial charge is 0.462 e. The zero-order valence-electron chi connectivity index (χ0n) is 19.7. The number of esters is 2. The summed E-state index contributed by atoms with van der Waals surface area (Å²) >= 11 is 0. The molecule has 31 heavy (non-hydrogen) atoms. The van der Waals surface area contributed by atoms with Gasteiger partial charge in [-0.25, -0.2) is 0 Å². The highest BCUT2D eigenvalue weighted by Crippen LogP contribution is 2.09. The smallest absolute Gasteiger partial charge is 0.306 e. The monoisotopic (exact) mass is 436 g/mol. The Balaban J connectivity index is 3.62. The lowest BCUT2D eigenvalue weighted by atomic mass is 10.1. The van der Waals surface area contributed by atoms with Crippen LogP contribution in [0.4, 0.5) is 0 Å². The normalized spacial score (nSPS) is 12.7. The maximum absolute atomic E-state index is 11.9. The van der Waals surface area contributed by atoms with Gasteiger partial charge in [0.15, 0.2) is 6.10 Å². The Morgan fingerprint density at radius 3 is 2.06 bits per heavy atom. The van der Waals surface area contributed by atoms with Crippen molar-refractivity contribution in [3.05, 3.63) is 36.5 Å². The predicted octanol–water partition coefficient (Wildman–Crippen LogP) is 6.21. The van der Waals surface area contributed by atoms with E-state index < -0.39 is 6.10 Å². The van der Waals surface area contributed by atoms with E-state index in [1.54, 1.807) is 0 Å². The summed E-state index contributed by atoms with van der Waals surface area (Å²) in [6.45, 7) is 3.72. The molecule has 0 heterocycles. The molecule has 0 aliphatic carbocycles. The molecule has 0 aliphatic rings. The number of unbranched alkanes of at least 4 members (excludes halogenated alkanes) is 6. The van der Waals surface area contributed by atoms with Gasteiger partial charge in [-0.15, -0.1) is 0 Å². The molecular formula is C26H44O5. The first-order valence-corrected chi connectivity index (χ1v) is 12.0. The third-order valence-electron chi connectivity index (χ3n) is 4.70. The predicted molar refractivity (Wildman–Crippen MR) is 127 cm³/mol. The summed E-state index contributed by atoms with van der Waals surface area (Å²) in [6.07, 6.45) is 24.2. The number of rotatable bonds is 20. The van der Waals surface area contributed by atoms with Crippen molar-refractivity contribution in [2.75, 3.05) is 13.2 Å². The van der Waals surface area contributed by atoms with Gasteiger partial charge in [0.05, 0.1) is 6.61 Å². The Kier molecular flexibility index (Phi) is 21.4. The SMILES string of the molecule is CC/C=C\C/C=C\C/C=C\CCCCCCCC(=O)OC(CO)COC(=O)CCCC. The molecule has 0 spiro atoms. The van der Waals surface area contributed by atoms with Crippen LogP contribution in [0.25, 0.3) is 0 Å². The van der Waals surface area contributed by atoms with Crippen LogP contribution in [0.15, 0.2) is 36.5 Å². The Hall–Kier alpha value is -1.88. The maximum Gasteiger partial charge on any atom is 0.306 e. The molecule has 0 fully saturated rings. The lowest BCUT2D eigenvalue weighted by molar-refractivity contribution is -0.161. The molecule has 178 valence electrons. The van der Waals surface area contributed by atoms with Crippen molar-refractivity contribution in [2.45, 2.75) is 103 Å².